The molecule has 0 amide bonds. The lowest BCUT2D eigenvalue weighted by molar-refractivity contribution is -0.142. The highest BCUT2D eigenvalue weighted by molar-refractivity contribution is 5.70. The molecule has 1 aliphatic carbocycles. The first-order valence-electron chi connectivity index (χ1n) is 7.48. The lowest BCUT2D eigenvalue weighted by Gasteiger charge is -2.27. The Morgan fingerprint density at radius 2 is 2.09 bits per heavy atom. The van der Waals surface area contributed by atoms with E-state index in [1.54, 1.807) is 4.68 Å². The van der Waals surface area contributed by atoms with Gasteiger partial charge in [-0.1, -0.05) is 6.07 Å². The highest BCUT2D eigenvalue weighted by Gasteiger charge is 2.25. The van der Waals surface area contributed by atoms with Crippen LogP contribution in [0.2, 0.25) is 0 Å². The van der Waals surface area contributed by atoms with E-state index in [0.717, 1.165) is 42.9 Å². The summed E-state index contributed by atoms with van der Waals surface area (Å²) in [7, 11) is 0. The number of aromatic nitrogens is 4. The number of nitrogens with one attached hydrogen (secondary N) is 1. The third-order valence-corrected chi connectivity index (χ3v) is 4.16. The lowest BCUT2D eigenvalue weighted by Crippen LogP contribution is -2.29. The second kappa shape index (κ2) is 6.13. The van der Waals surface area contributed by atoms with E-state index >= 15 is 0 Å². The summed E-state index contributed by atoms with van der Waals surface area (Å²) in [5, 5.41) is 24.0. The molecule has 2 N–H and O–H groups in total. The van der Waals surface area contributed by atoms with Crippen LogP contribution in [0.15, 0.2) is 24.3 Å². The molecule has 0 unspecified atom stereocenters. The molecule has 2 aromatic rings. The number of nitrogens with zero attached hydrogens (tertiary/aromatic N) is 4. The standard InChI is InChI=1S/C15H19N5O2/c1-10-17-18-19-20(10)14-4-2-3-13(9-14)16-12-7-5-11(6-8-12)15(21)22/h2-4,9,11-12,16H,5-8H2,1H3,(H,21,22). The van der Waals surface area contributed by atoms with Crippen LogP contribution in [0.25, 0.3) is 5.69 Å². The predicted molar refractivity (Wildman–Crippen MR) is 80.9 cm³/mol. The topological polar surface area (TPSA) is 92.9 Å². The van der Waals surface area contributed by atoms with Crippen molar-refractivity contribution >= 4 is 11.7 Å². The summed E-state index contributed by atoms with van der Waals surface area (Å²) < 4.78 is 1.69. The Morgan fingerprint density at radius 1 is 1.32 bits per heavy atom. The van der Waals surface area contributed by atoms with Gasteiger partial charge in [0.05, 0.1) is 11.6 Å². The van der Waals surface area contributed by atoms with Gasteiger partial charge in [-0.25, -0.2) is 0 Å². The third kappa shape index (κ3) is 3.08. The average molecular weight is 301 g/mol. The maximum atomic E-state index is 11.0. The van der Waals surface area contributed by atoms with Crippen molar-refractivity contribution in [1.29, 1.82) is 0 Å². The number of benzene rings is 1. The summed E-state index contributed by atoms with van der Waals surface area (Å²) in [4.78, 5) is 11.0. The van der Waals surface area contributed by atoms with Gasteiger partial charge in [-0.2, -0.15) is 4.68 Å². The fourth-order valence-corrected chi connectivity index (χ4v) is 2.92. The molecular weight excluding hydrogens is 282 g/mol. The fourth-order valence-electron chi connectivity index (χ4n) is 2.92. The summed E-state index contributed by atoms with van der Waals surface area (Å²) in [5.41, 5.74) is 1.91. The normalized spacial score (nSPS) is 21.5. The minimum absolute atomic E-state index is 0.187. The molecule has 7 heteroatoms. The van der Waals surface area contributed by atoms with Crippen molar-refractivity contribution in [2.24, 2.45) is 5.92 Å². The smallest absolute Gasteiger partial charge is 0.306 e. The van der Waals surface area contributed by atoms with Crippen molar-refractivity contribution in [3.05, 3.63) is 30.1 Å². The molecule has 0 spiro atoms. The van der Waals surface area contributed by atoms with Crippen LogP contribution >= 0.6 is 0 Å². The Morgan fingerprint density at radius 3 is 2.73 bits per heavy atom. The summed E-state index contributed by atoms with van der Waals surface area (Å²) in [5.74, 6) is -0.123. The number of anilines is 1. The van der Waals surface area contributed by atoms with Crippen molar-refractivity contribution < 1.29 is 9.90 Å². The molecule has 0 bridgehead atoms. The van der Waals surface area contributed by atoms with E-state index in [1.807, 2.05) is 31.2 Å². The molecule has 0 saturated heterocycles. The zero-order chi connectivity index (χ0) is 15.5. The first-order chi connectivity index (χ1) is 10.6. The van der Waals surface area contributed by atoms with Gasteiger partial charge in [-0.3, -0.25) is 4.79 Å². The summed E-state index contributed by atoms with van der Waals surface area (Å²) in [6.45, 7) is 1.85. The molecule has 0 aliphatic heterocycles. The number of carboxylic acid groups (broad SMARTS) is 1. The number of tetrazole rings is 1. The van der Waals surface area contributed by atoms with Gasteiger partial charge < -0.3 is 10.4 Å². The molecule has 1 aliphatic rings. The van der Waals surface area contributed by atoms with Gasteiger partial charge in [0.2, 0.25) is 0 Å². The van der Waals surface area contributed by atoms with Gasteiger partial charge in [-0.05, 0) is 61.2 Å². The highest BCUT2D eigenvalue weighted by atomic mass is 16.4. The molecule has 1 aromatic carbocycles. The number of carbonyl (C=O) groups is 1. The van der Waals surface area contributed by atoms with Crippen LogP contribution < -0.4 is 5.32 Å². The van der Waals surface area contributed by atoms with Crippen LogP contribution in [0.5, 0.6) is 0 Å². The molecule has 22 heavy (non-hydrogen) atoms. The number of aliphatic carboxylic acids is 1. The predicted octanol–water partition coefficient (Wildman–Crippen LogP) is 2.03. The van der Waals surface area contributed by atoms with Crippen LogP contribution in [-0.4, -0.2) is 37.3 Å². The molecule has 1 fully saturated rings. The first-order valence-corrected chi connectivity index (χ1v) is 7.48. The zero-order valence-corrected chi connectivity index (χ0v) is 12.4. The lowest BCUT2D eigenvalue weighted by atomic mass is 9.86. The minimum Gasteiger partial charge on any atom is -0.481 e. The molecule has 1 aromatic heterocycles. The van der Waals surface area contributed by atoms with Crippen molar-refractivity contribution in [3.8, 4) is 5.69 Å². The maximum absolute atomic E-state index is 11.0. The van der Waals surface area contributed by atoms with Crippen molar-refractivity contribution in [1.82, 2.24) is 20.2 Å². The SMILES string of the molecule is Cc1nnnn1-c1cccc(NC2CCC(C(=O)O)CC2)c1. The second-order valence-electron chi connectivity index (χ2n) is 5.72. The molecule has 1 heterocycles. The van der Waals surface area contributed by atoms with E-state index in [0.29, 0.717) is 6.04 Å². The summed E-state index contributed by atoms with van der Waals surface area (Å²) in [6, 6.07) is 8.25. The van der Waals surface area contributed by atoms with Crippen LogP contribution in [0.1, 0.15) is 31.5 Å². The third-order valence-electron chi connectivity index (χ3n) is 4.16. The van der Waals surface area contributed by atoms with Gasteiger partial charge in [-0.15, -0.1) is 5.10 Å². The van der Waals surface area contributed by atoms with E-state index in [4.69, 9.17) is 5.11 Å². The number of carboxylic acids is 1. The van der Waals surface area contributed by atoms with Gasteiger partial charge in [0.15, 0.2) is 5.82 Å². The second-order valence-corrected chi connectivity index (χ2v) is 5.72. The maximum Gasteiger partial charge on any atom is 0.306 e. The monoisotopic (exact) mass is 301 g/mol. The number of hydrogen-bond acceptors (Lipinski definition) is 5. The van der Waals surface area contributed by atoms with E-state index in [1.165, 1.54) is 0 Å². The van der Waals surface area contributed by atoms with Crippen LogP contribution in [0, 0.1) is 12.8 Å². The van der Waals surface area contributed by atoms with Gasteiger partial charge in [0.25, 0.3) is 0 Å². The van der Waals surface area contributed by atoms with Crippen LogP contribution in [-0.2, 0) is 4.79 Å². The Balaban J connectivity index is 1.67. The molecule has 3 rings (SSSR count). The number of rotatable bonds is 4. The Labute approximate surface area is 128 Å². The molecular formula is C15H19N5O2. The van der Waals surface area contributed by atoms with Crippen molar-refractivity contribution in [3.63, 3.8) is 0 Å². The molecule has 1 saturated carbocycles. The van der Waals surface area contributed by atoms with Crippen LogP contribution in [0.3, 0.4) is 0 Å². The molecule has 7 nitrogen and oxygen atoms in total. The van der Waals surface area contributed by atoms with E-state index in [2.05, 4.69) is 20.8 Å². The Bertz CT molecular complexity index is 661. The molecule has 116 valence electrons. The zero-order valence-electron chi connectivity index (χ0n) is 12.4. The quantitative estimate of drug-likeness (QED) is 0.897. The summed E-state index contributed by atoms with van der Waals surface area (Å²) in [6.07, 6.45) is 3.23. The molecule has 0 atom stereocenters. The van der Waals surface area contributed by atoms with E-state index in [-0.39, 0.29) is 5.92 Å². The molecule has 0 radical (unpaired) electrons. The van der Waals surface area contributed by atoms with Crippen LogP contribution in [0.4, 0.5) is 5.69 Å². The fraction of sp³-hybridized carbons (Fsp3) is 0.467. The summed E-state index contributed by atoms with van der Waals surface area (Å²) >= 11 is 0. The number of hydrogen-bond donors (Lipinski definition) is 2. The van der Waals surface area contributed by atoms with Crippen molar-refractivity contribution in [2.45, 2.75) is 38.6 Å². The van der Waals surface area contributed by atoms with Gasteiger partial charge >= 0.3 is 5.97 Å². The average Bonchev–Trinajstić information content (AvgIpc) is 2.94. The van der Waals surface area contributed by atoms with E-state index < -0.39 is 5.97 Å². The highest BCUT2D eigenvalue weighted by Crippen LogP contribution is 2.27. The Kier molecular flexibility index (Phi) is 4.04. The van der Waals surface area contributed by atoms with Gasteiger partial charge in [0.1, 0.15) is 0 Å². The largest absolute Gasteiger partial charge is 0.481 e. The van der Waals surface area contributed by atoms with E-state index in [9.17, 15) is 4.79 Å². The van der Waals surface area contributed by atoms with Gasteiger partial charge in [0, 0.05) is 11.7 Å². The Hall–Kier alpha value is -2.44. The minimum atomic E-state index is -0.672. The van der Waals surface area contributed by atoms with Crippen molar-refractivity contribution in [2.75, 3.05) is 5.32 Å². The first kappa shape index (κ1) is 14.5. The number of aryl methyl sites for hydroxylation is 1.